The normalized spacial score (nSPS) is 13.5. The highest BCUT2D eigenvalue weighted by molar-refractivity contribution is 5.75. The molecule has 0 fully saturated rings. The molecule has 220 valence electrons. The number of aliphatic carboxylic acids is 1. The number of hydrogen-bond donors (Lipinski definition) is 2. The number of rotatable bonds is 15. The standard InChI is InChI=1S/C28H43NO10/c1-16(2)10-12-35-27(33)38-22-9-8-20(15-23(22)39-28(34)36-13-11-17(3)4)21(24(29)25(30)31)14-19(7)37-26(32)18(5)6/h8-9,15-19,21,24H,10-14,29H2,1-7H3,(H,30,31)/t19?,21?,24-/m0/s1. The third kappa shape index (κ3) is 12.8. The van der Waals surface area contributed by atoms with Crippen LogP contribution in [0.25, 0.3) is 0 Å². The molecule has 1 rings (SSSR count). The van der Waals surface area contributed by atoms with Gasteiger partial charge in [-0.25, -0.2) is 9.59 Å². The Balaban J connectivity index is 3.27. The van der Waals surface area contributed by atoms with Crippen molar-refractivity contribution < 1.29 is 48.0 Å². The average molecular weight is 554 g/mol. The van der Waals surface area contributed by atoms with Gasteiger partial charge in [-0.15, -0.1) is 0 Å². The molecule has 11 nitrogen and oxygen atoms in total. The van der Waals surface area contributed by atoms with Gasteiger partial charge < -0.3 is 34.5 Å². The minimum absolute atomic E-state index is 0.0711. The van der Waals surface area contributed by atoms with Crippen molar-refractivity contribution in [2.24, 2.45) is 23.5 Å². The number of carbonyl (C=O) groups is 4. The lowest BCUT2D eigenvalue weighted by Gasteiger charge is -2.25. The first-order valence-electron chi connectivity index (χ1n) is 13.2. The summed E-state index contributed by atoms with van der Waals surface area (Å²) in [6, 6.07) is 2.83. The third-order valence-electron chi connectivity index (χ3n) is 5.71. The van der Waals surface area contributed by atoms with Gasteiger partial charge in [0.1, 0.15) is 6.04 Å². The van der Waals surface area contributed by atoms with Crippen molar-refractivity contribution in [1.82, 2.24) is 0 Å². The van der Waals surface area contributed by atoms with Gasteiger partial charge >= 0.3 is 24.2 Å². The first-order chi connectivity index (χ1) is 18.2. The van der Waals surface area contributed by atoms with E-state index in [0.29, 0.717) is 30.2 Å². The quantitative estimate of drug-likeness (QED) is 0.165. The second-order valence-electron chi connectivity index (χ2n) is 10.6. The van der Waals surface area contributed by atoms with Gasteiger partial charge in [0.25, 0.3) is 0 Å². The highest BCUT2D eigenvalue weighted by Gasteiger charge is 2.30. The van der Waals surface area contributed by atoms with E-state index < -0.39 is 42.3 Å². The van der Waals surface area contributed by atoms with Crippen LogP contribution in [-0.4, -0.2) is 54.7 Å². The summed E-state index contributed by atoms with van der Waals surface area (Å²) < 4.78 is 26.2. The van der Waals surface area contributed by atoms with Crippen molar-refractivity contribution in [1.29, 1.82) is 0 Å². The van der Waals surface area contributed by atoms with Gasteiger partial charge in [-0.05, 0) is 55.7 Å². The molecular formula is C28H43NO10. The zero-order valence-electron chi connectivity index (χ0n) is 23.9. The van der Waals surface area contributed by atoms with Crippen molar-refractivity contribution in [2.75, 3.05) is 13.2 Å². The molecule has 1 aromatic carbocycles. The van der Waals surface area contributed by atoms with Gasteiger partial charge in [-0.3, -0.25) is 9.59 Å². The Hall–Kier alpha value is -3.34. The number of carbonyl (C=O) groups excluding carboxylic acids is 3. The molecule has 0 aliphatic carbocycles. The van der Waals surface area contributed by atoms with Gasteiger partial charge in [0.15, 0.2) is 11.5 Å². The number of hydrogen-bond acceptors (Lipinski definition) is 10. The van der Waals surface area contributed by atoms with E-state index in [9.17, 15) is 24.3 Å². The Bertz CT molecular complexity index is 960. The van der Waals surface area contributed by atoms with Crippen LogP contribution in [0.1, 0.15) is 79.2 Å². The van der Waals surface area contributed by atoms with E-state index in [1.807, 2.05) is 27.7 Å². The van der Waals surface area contributed by atoms with E-state index in [0.717, 1.165) is 0 Å². The van der Waals surface area contributed by atoms with Crippen LogP contribution < -0.4 is 15.2 Å². The summed E-state index contributed by atoms with van der Waals surface area (Å²) >= 11 is 0. The highest BCUT2D eigenvalue weighted by atomic mass is 16.7. The summed E-state index contributed by atoms with van der Waals surface area (Å²) in [6.45, 7) is 13.2. The lowest BCUT2D eigenvalue weighted by Crippen LogP contribution is -2.38. The number of carboxylic acids is 1. The molecule has 0 saturated carbocycles. The minimum atomic E-state index is -1.37. The largest absolute Gasteiger partial charge is 0.513 e. The van der Waals surface area contributed by atoms with Crippen molar-refractivity contribution in [3.8, 4) is 11.5 Å². The lowest BCUT2D eigenvalue weighted by molar-refractivity contribution is -0.152. The van der Waals surface area contributed by atoms with Crippen LogP contribution in [0.2, 0.25) is 0 Å². The maximum atomic E-state index is 12.4. The molecule has 0 aliphatic heterocycles. The van der Waals surface area contributed by atoms with Crippen molar-refractivity contribution in [2.45, 2.75) is 85.8 Å². The van der Waals surface area contributed by atoms with E-state index in [1.54, 1.807) is 20.8 Å². The molecule has 11 heteroatoms. The number of esters is 1. The number of benzene rings is 1. The summed E-state index contributed by atoms with van der Waals surface area (Å²) in [4.78, 5) is 48.4. The molecule has 0 heterocycles. The summed E-state index contributed by atoms with van der Waals surface area (Å²) in [6.07, 6.45) is -1.36. The Labute approximate surface area is 230 Å². The molecule has 0 saturated heterocycles. The molecule has 0 radical (unpaired) electrons. The molecule has 0 aliphatic rings. The van der Waals surface area contributed by atoms with E-state index in [4.69, 9.17) is 29.4 Å². The maximum absolute atomic E-state index is 12.4. The molecule has 0 spiro atoms. The fourth-order valence-electron chi connectivity index (χ4n) is 3.32. The Morgan fingerprint density at radius 1 is 0.821 bits per heavy atom. The maximum Gasteiger partial charge on any atom is 0.513 e. The van der Waals surface area contributed by atoms with E-state index in [-0.39, 0.29) is 37.1 Å². The number of nitrogens with two attached hydrogens (primary N) is 1. The van der Waals surface area contributed by atoms with Gasteiger partial charge in [-0.1, -0.05) is 47.6 Å². The van der Waals surface area contributed by atoms with Crippen molar-refractivity contribution >= 4 is 24.2 Å². The summed E-state index contributed by atoms with van der Waals surface area (Å²) in [5, 5.41) is 9.62. The van der Waals surface area contributed by atoms with Crippen LogP contribution in [0.5, 0.6) is 11.5 Å². The SMILES string of the molecule is CC(C)CCOC(=O)Oc1ccc(C(CC(C)OC(=O)C(C)C)[C@H](N)C(=O)O)cc1OC(=O)OCCC(C)C. The highest BCUT2D eigenvalue weighted by Crippen LogP contribution is 2.35. The molecule has 39 heavy (non-hydrogen) atoms. The van der Waals surface area contributed by atoms with E-state index >= 15 is 0 Å². The van der Waals surface area contributed by atoms with Crippen LogP contribution in [0.3, 0.4) is 0 Å². The molecular weight excluding hydrogens is 510 g/mol. The predicted octanol–water partition coefficient (Wildman–Crippen LogP) is 5.28. The molecule has 2 unspecified atom stereocenters. The van der Waals surface area contributed by atoms with Crippen LogP contribution in [-0.2, 0) is 23.8 Å². The molecule has 0 amide bonds. The monoisotopic (exact) mass is 553 g/mol. The second-order valence-corrected chi connectivity index (χ2v) is 10.6. The van der Waals surface area contributed by atoms with Gasteiger partial charge in [0, 0.05) is 5.92 Å². The smallest absolute Gasteiger partial charge is 0.480 e. The van der Waals surface area contributed by atoms with E-state index in [1.165, 1.54) is 18.2 Å². The minimum Gasteiger partial charge on any atom is -0.480 e. The fraction of sp³-hybridized carbons (Fsp3) is 0.643. The van der Waals surface area contributed by atoms with Gasteiger partial charge in [0.2, 0.25) is 0 Å². The predicted molar refractivity (Wildman–Crippen MR) is 143 cm³/mol. The zero-order valence-corrected chi connectivity index (χ0v) is 23.9. The number of carboxylic acid groups (broad SMARTS) is 1. The molecule has 3 atom stereocenters. The van der Waals surface area contributed by atoms with E-state index in [2.05, 4.69) is 0 Å². The first-order valence-corrected chi connectivity index (χ1v) is 13.2. The van der Waals surface area contributed by atoms with Crippen LogP contribution in [0.4, 0.5) is 9.59 Å². The topological polar surface area (TPSA) is 161 Å². The van der Waals surface area contributed by atoms with Crippen molar-refractivity contribution in [3.05, 3.63) is 23.8 Å². The summed E-state index contributed by atoms with van der Waals surface area (Å²) in [5.41, 5.74) is 6.36. The Kier molecular flexibility index (Phi) is 14.3. The Morgan fingerprint density at radius 3 is 1.79 bits per heavy atom. The molecule has 3 N–H and O–H groups in total. The number of ether oxygens (including phenoxy) is 5. The molecule has 1 aromatic rings. The van der Waals surface area contributed by atoms with Gasteiger partial charge in [-0.2, -0.15) is 0 Å². The first kappa shape index (κ1) is 33.7. The summed E-state index contributed by atoms with van der Waals surface area (Å²) in [5.74, 6) is -2.61. The molecule has 0 aromatic heterocycles. The lowest BCUT2D eigenvalue weighted by atomic mass is 9.87. The average Bonchev–Trinajstić information content (AvgIpc) is 2.82. The zero-order chi connectivity index (χ0) is 29.7. The third-order valence-corrected chi connectivity index (χ3v) is 5.71. The van der Waals surface area contributed by atoms with Gasteiger partial charge in [0.05, 0.1) is 25.2 Å². The van der Waals surface area contributed by atoms with Crippen LogP contribution >= 0.6 is 0 Å². The van der Waals surface area contributed by atoms with Crippen LogP contribution in [0, 0.1) is 17.8 Å². The summed E-state index contributed by atoms with van der Waals surface area (Å²) in [7, 11) is 0. The fourth-order valence-corrected chi connectivity index (χ4v) is 3.32. The second kappa shape index (κ2) is 16.6. The van der Waals surface area contributed by atoms with Crippen molar-refractivity contribution in [3.63, 3.8) is 0 Å². The molecule has 0 bridgehead atoms. The Morgan fingerprint density at radius 2 is 1.33 bits per heavy atom. The van der Waals surface area contributed by atoms with Crippen LogP contribution in [0.15, 0.2) is 18.2 Å².